The molecular formula is C54H63F2N9O11. The zero-order chi connectivity index (χ0) is 55.9. The number of nitrogens with two attached hydrogens (primary N) is 1. The van der Waals surface area contributed by atoms with E-state index in [2.05, 4.69) is 26.3 Å². The van der Waals surface area contributed by atoms with E-state index in [-0.39, 0.29) is 55.6 Å². The summed E-state index contributed by atoms with van der Waals surface area (Å²) in [7, 11) is 0. The number of Topliss-reactive ketones (excluding diaryl/α,β-unsaturated/α-hetero) is 2. The molecule has 404 valence electrons. The number of hydrogen-bond acceptors (Lipinski definition) is 12. The third-order valence-corrected chi connectivity index (χ3v) is 12.5. The number of nitrogens with zero attached hydrogens (tertiary/aromatic N) is 4. The largest absolute Gasteiger partial charge is 0.387 e. The molecule has 5 atom stereocenters. The molecule has 0 bridgehead atoms. The van der Waals surface area contributed by atoms with Crippen LogP contribution < -0.4 is 27.0 Å². The average molecular weight is 1050 g/mol. The van der Waals surface area contributed by atoms with Gasteiger partial charge in [0, 0.05) is 91.5 Å². The number of carbonyl (C=O) groups excluding carboxylic acids is 10. The Balaban J connectivity index is 1.42. The lowest BCUT2D eigenvalue weighted by molar-refractivity contribution is -0.141. The van der Waals surface area contributed by atoms with Crippen LogP contribution in [0, 0.1) is 23.0 Å². The number of pyridine rings is 1. The predicted octanol–water partition coefficient (Wildman–Crippen LogP) is 2.82. The number of aliphatic hydroxyl groups is 1. The first-order chi connectivity index (χ1) is 36.0. The van der Waals surface area contributed by atoms with Gasteiger partial charge in [-0.1, -0.05) is 58.0 Å². The molecule has 3 heterocycles. The van der Waals surface area contributed by atoms with Crippen molar-refractivity contribution in [1.82, 2.24) is 40.6 Å². The number of aliphatic hydroxyl groups excluding tert-OH is 1. The maximum atomic E-state index is 15.4. The molecule has 0 fully saturated rings. The lowest BCUT2D eigenvalue weighted by Gasteiger charge is -2.41. The number of aromatic nitrogens is 2. The quantitative estimate of drug-likeness (QED) is 0.0372. The Kier molecular flexibility index (Phi) is 20.7. The molecule has 2 aromatic carbocycles. The number of amides is 8. The molecule has 5 rings (SSSR count). The first kappa shape index (κ1) is 58.6. The number of nitrogens with one attached hydrogen (secondary N) is 4. The zero-order valence-electron chi connectivity index (χ0n) is 42.8. The van der Waals surface area contributed by atoms with Gasteiger partial charge in [0.1, 0.15) is 30.3 Å². The van der Waals surface area contributed by atoms with Gasteiger partial charge in [-0.3, -0.25) is 57.8 Å². The third-order valence-electron chi connectivity index (χ3n) is 12.5. The fourth-order valence-corrected chi connectivity index (χ4v) is 8.53. The van der Waals surface area contributed by atoms with Crippen molar-refractivity contribution in [2.45, 2.75) is 97.4 Å². The summed E-state index contributed by atoms with van der Waals surface area (Å²) in [5, 5.41) is 20.6. The van der Waals surface area contributed by atoms with Crippen molar-refractivity contribution in [3.8, 4) is 11.1 Å². The van der Waals surface area contributed by atoms with Crippen molar-refractivity contribution in [1.29, 1.82) is 0 Å². The molecule has 8 amide bonds. The zero-order valence-corrected chi connectivity index (χ0v) is 42.8. The summed E-state index contributed by atoms with van der Waals surface area (Å²) >= 11 is 0. The van der Waals surface area contributed by atoms with E-state index in [1.54, 1.807) is 16.8 Å². The highest BCUT2D eigenvalue weighted by atomic mass is 19.1. The summed E-state index contributed by atoms with van der Waals surface area (Å²) in [5.41, 5.74) is 6.34. The lowest BCUT2D eigenvalue weighted by Crippen LogP contribution is -2.56. The summed E-state index contributed by atoms with van der Waals surface area (Å²) in [6.07, 6.45) is 4.79. The van der Waals surface area contributed by atoms with Crippen molar-refractivity contribution >= 4 is 58.8 Å². The summed E-state index contributed by atoms with van der Waals surface area (Å²) < 4.78 is 31.8. The molecule has 1 aliphatic rings. The Bertz CT molecular complexity index is 2820. The number of primary amides is 1. The van der Waals surface area contributed by atoms with Crippen LogP contribution in [0.2, 0.25) is 0 Å². The summed E-state index contributed by atoms with van der Waals surface area (Å²) in [5.74, 6) is -10.0. The van der Waals surface area contributed by atoms with Crippen LogP contribution in [0.5, 0.6) is 0 Å². The van der Waals surface area contributed by atoms with Crippen LogP contribution in [0.25, 0.3) is 11.1 Å². The van der Waals surface area contributed by atoms with Gasteiger partial charge in [-0.15, -0.1) is 0 Å². The van der Waals surface area contributed by atoms with Crippen LogP contribution >= 0.6 is 0 Å². The molecule has 1 aliphatic heterocycles. The van der Waals surface area contributed by atoms with Crippen molar-refractivity contribution in [2.75, 3.05) is 26.2 Å². The minimum Gasteiger partial charge on any atom is -0.387 e. The monoisotopic (exact) mass is 1050 g/mol. The highest BCUT2D eigenvalue weighted by Gasteiger charge is 2.39. The van der Waals surface area contributed by atoms with Crippen LogP contribution in [-0.4, -0.2) is 128 Å². The van der Waals surface area contributed by atoms with Gasteiger partial charge < -0.3 is 41.6 Å². The number of benzene rings is 2. The van der Waals surface area contributed by atoms with E-state index in [0.29, 0.717) is 5.69 Å². The topological polar surface area (TPSA) is 289 Å². The average Bonchev–Trinajstić information content (AvgIpc) is 3.93. The smallest absolute Gasteiger partial charge is 0.254 e. The fraction of sp³-hybridized carbons (Fsp3) is 0.389. The van der Waals surface area contributed by atoms with Gasteiger partial charge in [0.2, 0.25) is 29.5 Å². The van der Waals surface area contributed by atoms with Crippen LogP contribution in [0.1, 0.15) is 94.4 Å². The Morgan fingerprint density at radius 2 is 1.47 bits per heavy atom. The number of halogens is 2. The van der Waals surface area contributed by atoms with Crippen LogP contribution in [0.4, 0.5) is 8.78 Å². The minimum absolute atomic E-state index is 0.0196. The standard InChI is InChI=1S/C54H63F2N9O11/c1-32(24-44(68)33(2)60-51(74)35-17-21-58-22-18-35)50(73)62-42(27-45(57)69)53(76)61-41(52(75)59-20-9-12-38(67)30-65-46(70)15-16-47(65)71)19-23-64(48(72)31-66)49(54(3,4)5)43-25-36(39-26-37(55)13-14-40(39)56)29-63(43)28-34-10-7-6-8-11-34/h6-8,10-11,13-18,21-22,25-26,29,32-33,41-42,49,66H,9,12,19-20,23-24,27-28,30-31H2,1-5H3,(H2,57,69)(H,59,75)(H,60,74)(H,61,76)(H,62,73)/t32-,33+,41+,42+,49+/m1/s1. The molecule has 0 saturated heterocycles. The van der Waals surface area contributed by atoms with Crippen molar-refractivity contribution in [3.05, 3.63) is 126 Å². The lowest BCUT2D eigenvalue weighted by atomic mass is 9.82. The van der Waals surface area contributed by atoms with Crippen molar-refractivity contribution < 1.29 is 61.8 Å². The molecular weight excluding hydrogens is 989 g/mol. The van der Waals surface area contributed by atoms with Gasteiger partial charge in [0.25, 0.3) is 17.7 Å². The molecule has 22 heteroatoms. The number of carbonyl (C=O) groups is 10. The van der Waals surface area contributed by atoms with Crippen LogP contribution in [0.3, 0.4) is 0 Å². The van der Waals surface area contributed by atoms with Crippen LogP contribution in [-0.2, 0) is 49.7 Å². The molecule has 0 unspecified atom stereocenters. The molecule has 0 spiro atoms. The first-order valence-electron chi connectivity index (χ1n) is 24.5. The second-order valence-corrected chi connectivity index (χ2v) is 19.5. The summed E-state index contributed by atoms with van der Waals surface area (Å²) in [6.45, 7) is 6.42. The normalized spacial score (nSPS) is 14.2. The van der Waals surface area contributed by atoms with Gasteiger partial charge in [-0.2, -0.15) is 0 Å². The minimum atomic E-state index is -1.70. The molecule has 0 radical (unpaired) electrons. The molecule has 7 N–H and O–H groups in total. The summed E-state index contributed by atoms with van der Waals surface area (Å²) in [4.78, 5) is 137. The Hall–Kier alpha value is -8.27. The Morgan fingerprint density at radius 1 is 0.816 bits per heavy atom. The molecule has 20 nitrogen and oxygen atoms in total. The van der Waals surface area contributed by atoms with Gasteiger partial charge in [0.15, 0.2) is 11.6 Å². The van der Waals surface area contributed by atoms with Crippen molar-refractivity contribution in [3.63, 3.8) is 0 Å². The highest BCUT2D eigenvalue weighted by molar-refractivity contribution is 6.14. The molecule has 2 aromatic heterocycles. The fourth-order valence-electron chi connectivity index (χ4n) is 8.53. The maximum Gasteiger partial charge on any atom is 0.254 e. The summed E-state index contributed by atoms with van der Waals surface area (Å²) in [6, 6.07) is 11.4. The number of rotatable bonds is 27. The van der Waals surface area contributed by atoms with E-state index in [9.17, 15) is 57.4 Å². The van der Waals surface area contributed by atoms with E-state index in [1.807, 2.05) is 51.1 Å². The first-order valence-corrected chi connectivity index (χ1v) is 24.5. The third kappa shape index (κ3) is 16.4. The Labute approximate surface area is 437 Å². The van der Waals surface area contributed by atoms with Gasteiger partial charge >= 0.3 is 0 Å². The van der Waals surface area contributed by atoms with Gasteiger partial charge in [0.05, 0.1) is 25.0 Å². The van der Waals surface area contributed by atoms with E-state index >= 15 is 4.39 Å². The van der Waals surface area contributed by atoms with E-state index in [4.69, 9.17) is 5.73 Å². The van der Waals surface area contributed by atoms with Gasteiger partial charge in [-0.25, -0.2) is 8.78 Å². The second-order valence-electron chi connectivity index (χ2n) is 19.5. The van der Waals surface area contributed by atoms with E-state index in [1.165, 1.54) is 43.3 Å². The maximum absolute atomic E-state index is 15.4. The highest BCUT2D eigenvalue weighted by Crippen LogP contribution is 2.41. The van der Waals surface area contributed by atoms with E-state index in [0.717, 1.165) is 40.8 Å². The van der Waals surface area contributed by atoms with Crippen molar-refractivity contribution in [2.24, 2.45) is 17.1 Å². The number of ketones is 2. The molecule has 0 aliphatic carbocycles. The second kappa shape index (κ2) is 26.8. The predicted molar refractivity (Wildman–Crippen MR) is 272 cm³/mol. The van der Waals surface area contributed by atoms with E-state index < -0.39 is 132 Å². The van der Waals surface area contributed by atoms with Gasteiger partial charge in [-0.05, 0) is 67.1 Å². The molecule has 4 aromatic rings. The Morgan fingerprint density at radius 3 is 2.11 bits per heavy atom. The molecule has 0 saturated carbocycles. The van der Waals surface area contributed by atoms with Crippen LogP contribution in [0.15, 0.2) is 97.5 Å². The SMILES string of the molecule is C[C@H](CC(=O)[C@H](C)NC(=O)c1ccncc1)C(=O)N[C@@H](CC(N)=O)C(=O)N[C@@H](CCN(C(=O)CO)[C@@H](c1cc(-c2cc(F)ccc2F)cn1Cc1ccccc1)C(C)(C)C)C(=O)NCCCC(=O)CN1C(=O)C=CC1=O. The number of imide groups is 1. The number of hydrogen-bond donors (Lipinski definition) is 6. The molecule has 76 heavy (non-hydrogen) atoms.